The van der Waals surface area contributed by atoms with Gasteiger partial charge in [0.1, 0.15) is 0 Å². The van der Waals surface area contributed by atoms with Crippen molar-refractivity contribution in [2.75, 3.05) is 4.72 Å². The summed E-state index contributed by atoms with van der Waals surface area (Å²) in [5, 5.41) is 0. The minimum absolute atomic E-state index is 0.0158. The van der Waals surface area contributed by atoms with Crippen LogP contribution in [0.3, 0.4) is 0 Å². The molecule has 0 spiro atoms. The molecule has 0 radical (unpaired) electrons. The first-order chi connectivity index (χ1) is 22.3. The lowest BCUT2D eigenvalue weighted by atomic mass is 9.82. The van der Waals surface area contributed by atoms with Crippen molar-refractivity contribution in [2.45, 2.75) is 116 Å². The molecule has 2 aliphatic rings. The number of sulfonamides is 1. The van der Waals surface area contributed by atoms with Crippen molar-refractivity contribution in [3.8, 4) is 11.3 Å². The van der Waals surface area contributed by atoms with Gasteiger partial charge in [-0.05, 0) is 120 Å². The van der Waals surface area contributed by atoms with Crippen molar-refractivity contribution < 1.29 is 22.7 Å². The molecule has 4 bridgehead atoms. The third-order valence-corrected chi connectivity index (χ3v) is 10.6. The fraction of sp³-hybridized carbons (Fsp3) is 0.514. The molecule has 0 saturated heterocycles. The van der Waals surface area contributed by atoms with E-state index >= 15 is 0 Å². The molecule has 1 aliphatic heterocycles. The zero-order chi connectivity index (χ0) is 33.9. The number of amides is 1. The fourth-order valence-corrected chi connectivity index (χ4v) is 8.16. The van der Waals surface area contributed by atoms with E-state index in [1.165, 1.54) is 12.1 Å². The molecule has 5 rings (SSSR count). The molecule has 1 N–H and O–H groups in total. The van der Waals surface area contributed by atoms with Crippen LogP contribution in [-0.2, 0) is 26.0 Å². The van der Waals surface area contributed by atoms with E-state index in [0.717, 1.165) is 54.5 Å². The number of carbonyl (C=O) groups is 2. The Bertz CT molecular complexity index is 1690. The lowest BCUT2D eigenvalue weighted by Crippen LogP contribution is -2.49. The summed E-state index contributed by atoms with van der Waals surface area (Å²) in [6, 6.07) is 14.1. The zero-order valence-electron chi connectivity index (χ0n) is 28.5. The lowest BCUT2D eigenvalue weighted by Gasteiger charge is -2.42. The van der Waals surface area contributed by atoms with Gasteiger partial charge in [0.2, 0.25) is 5.95 Å². The quantitative estimate of drug-likeness (QED) is 0.265. The molecule has 0 unspecified atom stereocenters. The van der Waals surface area contributed by atoms with Gasteiger partial charge in [-0.2, -0.15) is 0 Å². The number of nitrogens with one attached hydrogen (secondary N) is 1. The summed E-state index contributed by atoms with van der Waals surface area (Å²) in [7, 11) is -4.09. The Labute approximate surface area is 279 Å². The van der Waals surface area contributed by atoms with Crippen LogP contribution in [0.25, 0.3) is 11.3 Å². The van der Waals surface area contributed by atoms with E-state index in [4.69, 9.17) is 9.72 Å². The van der Waals surface area contributed by atoms with E-state index < -0.39 is 10.0 Å². The first kappa shape index (κ1) is 34.5. The van der Waals surface area contributed by atoms with Gasteiger partial charge < -0.3 is 9.64 Å². The van der Waals surface area contributed by atoms with E-state index in [0.29, 0.717) is 36.4 Å². The predicted molar refractivity (Wildman–Crippen MR) is 184 cm³/mol. The number of hydrogen-bond donors (Lipinski definition) is 1. The standard InChI is InChI=1S/C37H48N4O5S/c1-23(2)19-31-18-15-29-22-33(35-25(5)9-7-10-26(35)6)39-37(38-29)40-47(44,45)32-12-8-11-28(21-32)36(43)41(31)30-16-13-27(14-17-30)20-34(42)46-24(3)4/h7-12,21-24,27,30-31H,13-20H2,1-6H3,(H,38,39,40)/t27?,30?,31-/m0/s1. The van der Waals surface area contributed by atoms with Crippen LogP contribution in [0, 0.1) is 25.7 Å². The number of fused-ring (bicyclic) bond motifs is 4. The van der Waals surface area contributed by atoms with Crippen LogP contribution >= 0.6 is 0 Å². The van der Waals surface area contributed by atoms with Gasteiger partial charge in [0.05, 0.1) is 16.7 Å². The van der Waals surface area contributed by atoms with Gasteiger partial charge in [-0.25, -0.2) is 23.1 Å². The Balaban J connectivity index is 1.55. The molecular formula is C37H48N4O5S. The molecule has 2 aromatic carbocycles. The number of hydrogen-bond acceptors (Lipinski definition) is 7. The third-order valence-electron chi connectivity index (χ3n) is 9.27. The van der Waals surface area contributed by atoms with Crippen molar-refractivity contribution in [2.24, 2.45) is 11.8 Å². The normalized spacial score (nSPS) is 21.4. The second-order valence-electron chi connectivity index (χ2n) is 13.9. The average molecular weight is 661 g/mol. The average Bonchev–Trinajstić information content (AvgIpc) is 2.99. The number of rotatable bonds is 7. The summed E-state index contributed by atoms with van der Waals surface area (Å²) < 4.78 is 35.4. The minimum atomic E-state index is -4.09. The molecule has 10 heteroatoms. The molecule has 252 valence electrons. The number of aromatic nitrogens is 2. The van der Waals surface area contributed by atoms with Gasteiger partial charge in [-0.1, -0.05) is 38.1 Å². The summed E-state index contributed by atoms with van der Waals surface area (Å²) >= 11 is 0. The Kier molecular flexibility index (Phi) is 10.7. The smallest absolute Gasteiger partial charge is 0.306 e. The number of benzene rings is 2. The van der Waals surface area contributed by atoms with Crippen molar-refractivity contribution in [3.63, 3.8) is 0 Å². The summed E-state index contributed by atoms with van der Waals surface area (Å²) in [5.41, 5.74) is 4.75. The van der Waals surface area contributed by atoms with Gasteiger partial charge in [0.15, 0.2) is 0 Å². The van der Waals surface area contributed by atoms with Crippen molar-refractivity contribution >= 4 is 27.8 Å². The number of nitrogens with zero attached hydrogens (tertiary/aromatic N) is 3. The van der Waals surface area contributed by atoms with E-state index in [-0.39, 0.29) is 46.8 Å². The van der Waals surface area contributed by atoms with Crippen LogP contribution in [0.2, 0.25) is 0 Å². The van der Waals surface area contributed by atoms with Crippen LogP contribution in [0.5, 0.6) is 0 Å². The maximum Gasteiger partial charge on any atom is 0.306 e. The SMILES string of the molecule is Cc1cccc(C)c1-c1cc2nc(n1)NS(=O)(=O)c1cccc(c1)C(=O)N(C1CCC(CC(=O)OC(C)C)CC1)[C@H](CC(C)C)CC2. The summed E-state index contributed by atoms with van der Waals surface area (Å²) in [6.45, 7) is 12.1. The van der Waals surface area contributed by atoms with Gasteiger partial charge in [0.25, 0.3) is 15.9 Å². The first-order valence-electron chi connectivity index (χ1n) is 16.9. The second kappa shape index (κ2) is 14.5. The predicted octanol–water partition coefficient (Wildman–Crippen LogP) is 7.26. The topological polar surface area (TPSA) is 119 Å². The number of esters is 1. The van der Waals surface area contributed by atoms with E-state index in [2.05, 4.69) is 23.6 Å². The summed E-state index contributed by atoms with van der Waals surface area (Å²) in [6.07, 6.45) is 5.44. The summed E-state index contributed by atoms with van der Waals surface area (Å²) in [4.78, 5) is 38.3. The molecule has 47 heavy (non-hydrogen) atoms. The number of ether oxygens (including phenoxy) is 1. The molecular weight excluding hydrogens is 612 g/mol. The van der Waals surface area contributed by atoms with Crippen LogP contribution in [0.15, 0.2) is 53.4 Å². The molecule has 1 aromatic heterocycles. The Hall–Kier alpha value is -3.79. The van der Waals surface area contributed by atoms with E-state index in [9.17, 15) is 18.0 Å². The fourth-order valence-electron chi connectivity index (χ4n) is 7.18. The van der Waals surface area contributed by atoms with Gasteiger partial charge >= 0.3 is 5.97 Å². The molecule has 1 amide bonds. The maximum atomic E-state index is 14.5. The molecule has 3 aromatic rings. The number of anilines is 1. The largest absolute Gasteiger partial charge is 0.463 e. The highest BCUT2D eigenvalue weighted by Crippen LogP contribution is 2.35. The van der Waals surface area contributed by atoms with Gasteiger partial charge in [-0.3, -0.25) is 9.59 Å². The van der Waals surface area contributed by atoms with Crippen molar-refractivity contribution in [3.05, 3.63) is 70.9 Å². The Morgan fingerprint density at radius 2 is 1.64 bits per heavy atom. The Morgan fingerprint density at radius 3 is 2.30 bits per heavy atom. The van der Waals surface area contributed by atoms with Crippen LogP contribution < -0.4 is 4.72 Å². The van der Waals surface area contributed by atoms with E-state index in [1.54, 1.807) is 12.1 Å². The molecule has 1 fully saturated rings. The van der Waals surface area contributed by atoms with Crippen LogP contribution in [0.4, 0.5) is 5.95 Å². The second-order valence-corrected chi connectivity index (χ2v) is 15.6. The van der Waals surface area contributed by atoms with Crippen molar-refractivity contribution in [1.29, 1.82) is 0 Å². The third kappa shape index (κ3) is 8.39. The Morgan fingerprint density at radius 1 is 0.957 bits per heavy atom. The van der Waals surface area contributed by atoms with Gasteiger partial charge in [0, 0.05) is 35.3 Å². The zero-order valence-corrected chi connectivity index (χ0v) is 29.3. The molecule has 1 aliphatic carbocycles. The number of aryl methyl sites for hydroxylation is 3. The van der Waals surface area contributed by atoms with E-state index in [1.807, 2.05) is 56.9 Å². The first-order valence-corrected chi connectivity index (χ1v) is 18.4. The van der Waals surface area contributed by atoms with Gasteiger partial charge in [-0.15, -0.1) is 0 Å². The van der Waals surface area contributed by atoms with Crippen LogP contribution in [-0.4, -0.2) is 53.3 Å². The highest BCUT2D eigenvalue weighted by molar-refractivity contribution is 7.92. The highest BCUT2D eigenvalue weighted by atomic mass is 32.2. The molecule has 2 heterocycles. The molecule has 1 atom stereocenters. The summed E-state index contributed by atoms with van der Waals surface area (Å²) in [5.74, 6) is 0.226. The monoisotopic (exact) mass is 660 g/mol. The highest BCUT2D eigenvalue weighted by Gasteiger charge is 2.36. The maximum absolute atomic E-state index is 14.5. The molecule has 1 saturated carbocycles. The number of carbonyl (C=O) groups excluding carboxylic acids is 2. The van der Waals surface area contributed by atoms with Crippen LogP contribution in [0.1, 0.15) is 99.8 Å². The lowest BCUT2D eigenvalue weighted by molar-refractivity contribution is -0.148. The molecule has 9 nitrogen and oxygen atoms in total. The van der Waals surface area contributed by atoms with Crippen molar-refractivity contribution in [1.82, 2.24) is 14.9 Å². The minimum Gasteiger partial charge on any atom is -0.463 e.